The lowest BCUT2D eigenvalue weighted by atomic mass is 10.1. The average Bonchev–Trinajstić information content (AvgIpc) is 2.96. The minimum Gasteiger partial charge on any atom is -0.339 e. The van der Waals surface area contributed by atoms with Crippen LogP contribution in [0.1, 0.15) is 31.1 Å². The van der Waals surface area contributed by atoms with Crippen LogP contribution < -0.4 is 5.73 Å². The van der Waals surface area contributed by atoms with Gasteiger partial charge >= 0.3 is 0 Å². The molecule has 1 aliphatic carbocycles. The van der Waals surface area contributed by atoms with E-state index in [1.54, 1.807) is 11.3 Å². The van der Waals surface area contributed by atoms with E-state index in [4.69, 9.17) is 10.3 Å². The van der Waals surface area contributed by atoms with Crippen LogP contribution in [0.5, 0.6) is 0 Å². The maximum Gasteiger partial charge on any atom is 0.231 e. The van der Waals surface area contributed by atoms with E-state index < -0.39 is 0 Å². The fraction of sp³-hybridized carbons (Fsp3) is 0.455. The van der Waals surface area contributed by atoms with E-state index in [2.05, 4.69) is 10.1 Å². The van der Waals surface area contributed by atoms with E-state index in [1.807, 2.05) is 17.5 Å². The maximum atomic E-state index is 6.01. The van der Waals surface area contributed by atoms with Gasteiger partial charge in [-0.2, -0.15) is 4.98 Å². The largest absolute Gasteiger partial charge is 0.339 e. The van der Waals surface area contributed by atoms with Crippen molar-refractivity contribution in [3.63, 3.8) is 0 Å². The van der Waals surface area contributed by atoms with Crippen molar-refractivity contribution in [2.45, 2.75) is 31.2 Å². The van der Waals surface area contributed by atoms with Crippen LogP contribution in [0.25, 0.3) is 10.7 Å². The van der Waals surface area contributed by atoms with Crippen LogP contribution in [0.15, 0.2) is 22.0 Å². The van der Waals surface area contributed by atoms with Crippen LogP contribution in [0.4, 0.5) is 0 Å². The standard InChI is InChI=1S/C11H13N3OS/c12-8-4-1-3-7(8)11-13-10(14-15-11)9-5-2-6-16-9/h2,5-8H,1,3-4,12H2/t7-,8-/m0/s1. The van der Waals surface area contributed by atoms with Gasteiger partial charge < -0.3 is 10.3 Å². The maximum absolute atomic E-state index is 6.01. The highest BCUT2D eigenvalue weighted by molar-refractivity contribution is 7.13. The molecule has 16 heavy (non-hydrogen) atoms. The lowest BCUT2D eigenvalue weighted by Gasteiger charge is -2.08. The van der Waals surface area contributed by atoms with Crippen molar-refractivity contribution in [2.75, 3.05) is 0 Å². The third-order valence-corrected chi connectivity index (χ3v) is 3.94. The van der Waals surface area contributed by atoms with Crippen LogP contribution in [-0.2, 0) is 0 Å². The Hall–Kier alpha value is -1.20. The number of hydrogen-bond acceptors (Lipinski definition) is 5. The molecule has 0 saturated heterocycles. The lowest BCUT2D eigenvalue weighted by Crippen LogP contribution is -2.22. The van der Waals surface area contributed by atoms with E-state index in [0.29, 0.717) is 11.7 Å². The first-order valence-electron chi connectivity index (χ1n) is 5.47. The first-order valence-corrected chi connectivity index (χ1v) is 6.35. The van der Waals surface area contributed by atoms with Crippen molar-refractivity contribution in [1.82, 2.24) is 10.1 Å². The summed E-state index contributed by atoms with van der Waals surface area (Å²) in [4.78, 5) is 5.48. The van der Waals surface area contributed by atoms with Gasteiger partial charge in [0, 0.05) is 6.04 Å². The van der Waals surface area contributed by atoms with Crippen molar-refractivity contribution >= 4 is 11.3 Å². The molecule has 2 N–H and O–H groups in total. The Bertz CT molecular complexity index is 465. The van der Waals surface area contributed by atoms with Gasteiger partial charge in [-0.25, -0.2) is 0 Å². The van der Waals surface area contributed by atoms with E-state index in [9.17, 15) is 0 Å². The highest BCUT2D eigenvalue weighted by atomic mass is 32.1. The summed E-state index contributed by atoms with van der Waals surface area (Å²) in [5.41, 5.74) is 6.01. The summed E-state index contributed by atoms with van der Waals surface area (Å²) in [7, 11) is 0. The van der Waals surface area contributed by atoms with Crippen molar-refractivity contribution in [2.24, 2.45) is 5.73 Å². The molecule has 1 fully saturated rings. The third kappa shape index (κ3) is 1.66. The number of hydrogen-bond donors (Lipinski definition) is 1. The zero-order valence-corrected chi connectivity index (χ0v) is 9.61. The molecule has 2 atom stereocenters. The van der Waals surface area contributed by atoms with Gasteiger partial charge in [0.05, 0.1) is 10.8 Å². The number of rotatable bonds is 2. The predicted octanol–water partition coefficient (Wildman–Crippen LogP) is 2.39. The Balaban J connectivity index is 1.88. The Morgan fingerprint density at radius 1 is 1.44 bits per heavy atom. The Labute approximate surface area is 97.5 Å². The smallest absolute Gasteiger partial charge is 0.231 e. The molecule has 0 aliphatic heterocycles. The van der Waals surface area contributed by atoms with Crippen molar-refractivity contribution in [3.8, 4) is 10.7 Å². The third-order valence-electron chi connectivity index (χ3n) is 3.07. The van der Waals surface area contributed by atoms with Crippen LogP contribution >= 0.6 is 11.3 Å². The molecule has 0 bridgehead atoms. The summed E-state index contributed by atoms with van der Waals surface area (Å²) in [6.45, 7) is 0. The second-order valence-electron chi connectivity index (χ2n) is 4.13. The zero-order valence-electron chi connectivity index (χ0n) is 8.80. The van der Waals surface area contributed by atoms with Gasteiger partial charge in [-0.05, 0) is 24.3 Å². The molecule has 0 amide bonds. The van der Waals surface area contributed by atoms with Gasteiger partial charge in [-0.1, -0.05) is 17.6 Å². The fourth-order valence-electron chi connectivity index (χ4n) is 2.19. The molecule has 2 aromatic rings. The fourth-order valence-corrected chi connectivity index (χ4v) is 2.84. The molecule has 4 nitrogen and oxygen atoms in total. The molecule has 3 rings (SSSR count). The monoisotopic (exact) mass is 235 g/mol. The van der Waals surface area contributed by atoms with Gasteiger partial charge in [0.2, 0.25) is 11.7 Å². The molecule has 0 radical (unpaired) electrons. The number of nitrogens with two attached hydrogens (primary N) is 1. The van der Waals surface area contributed by atoms with E-state index in [0.717, 1.165) is 24.1 Å². The molecule has 1 saturated carbocycles. The number of nitrogens with zero attached hydrogens (tertiary/aromatic N) is 2. The highest BCUT2D eigenvalue weighted by Gasteiger charge is 2.30. The van der Waals surface area contributed by atoms with Gasteiger partial charge in [0.15, 0.2) is 0 Å². The van der Waals surface area contributed by atoms with Gasteiger partial charge in [-0.15, -0.1) is 11.3 Å². The SMILES string of the molecule is N[C@H]1CCC[C@@H]1c1nc(-c2cccs2)no1. The van der Waals surface area contributed by atoms with Crippen molar-refractivity contribution in [3.05, 3.63) is 23.4 Å². The molecular formula is C11H13N3OS. The summed E-state index contributed by atoms with van der Waals surface area (Å²) in [5.74, 6) is 1.64. The highest BCUT2D eigenvalue weighted by Crippen LogP contribution is 2.33. The summed E-state index contributed by atoms with van der Waals surface area (Å²) in [6, 6.07) is 4.15. The molecule has 1 aliphatic rings. The molecular weight excluding hydrogens is 222 g/mol. The Kier molecular flexibility index (Phi) is 2.49. The normalized spacial score (nSPS) is 25.1. The molecule has 0 spiro atoms. The molecule has 2 heterocycles. The van der Waals surface area contributed by atoms with Crippen molar-refractivity contribution in [1.29, 1.82) is 0 Å². The summed E-state index contributed by atoms with van der Waals surface area (Å²) >= 11 is 1.62. The predicted molar refractivity (Wildman–Crippen MR) is 62.2 cm³/mol. The Morgan fingerprint density at radius 2 is 2.38 bits per heavy atom. The van der Waals surface area contributed by atoms with E-state index in [1.165, 1.54) is 0 Å². The molecule has 84 valence electrons. The van der Waals surface area contributed by atoms with Crippen molar-refractivity contribution < 1.29 is 4.52 Å². The second-order valence-corrected chi connectivity index (χ2v) is 5.08. The Morgan fingerprint density at radius 3 is 3.06 bits per heavy atom. The minimum absolute atomic E-state index is 0.177. The zero-order chi connectivity index (χ0) is 11.0. The number of thiophene rings is 1. The van der Waals surface area contributed by atoms with E-state index >= 15 is 0 Å². The van der Waals surface area contributed by atoms with Gasteiger partial charge in [0.25, 0.3) is 0 Å². The topological polar surface area (TPSA) is 64.9 Å². The lowest BCUT2D eigenvalue weighted by molar-refractivity contribution is 0.345. The first kappa shape index (κ1) is 9.99. The van der Waals surface area contributed by atoms with Crippen LogP contribution in [0, 0.1) is 0 Å². The van der Waals surface area contributed by atoms with Crippen LogP contribution in [-0.4, -0.2) is 16.2 Å². The van der Waals surface area contributed by atoms with Gasteiger partial charge in [-0.3, -0.25) is 0 Å². The molecule has 2 aromatic heterocycles. The molecule has 0 aromatic carbocycles. The molecule has 5 heteroatoms. The van der Waals surface area contributed by atoms with Crippen LogP contribution in [0.2, 0.25) is 0 Å². The number of aromatic nitrogens is 2. The second kappa shape index (κ2) is 3.99. The average molecular weight is 235 g/mol. The summed E-state index contributed by atoms with van der Waals surface area (Å²) in [6.07, 6.45) is 3.27. The minimum atomic E-state index is 0.177. The van der Waals surface area contributed by atoms with E-state index in [-0.39, 0.29) is 12.0 Å². The molecule has 0 unspecified atom stereocenters. The summed E-state index contributed by atoms with van der Waals surface area (Å²) < 4.78 is 5.31. The quantitative estimate of drug-likeness (QED) is 0.868. The van der Waals surface area contributed by atoms with Gasteiger partial charge in [0.1, 0.15) is 0 Å². The first-order chi connectivity index (χ1) is 7.84. The summed E-state index contributed by atoms with van der Waals surface area (Å²) in [5, 5.41) is 6.01. The van der Waals surface area contributed by atoms with Crippen LogP contribution in [0.3, 0.4) is 0 Å².